The van der Waals surface area contributed by atoms with Crippen molar-refractivity contribution in [1.29, 1.82) is 0 Å². The van der Waals surface area contributed by atoms with Crippen LogP contribution in [-0.4, -0.2) is 11.0 Å². The van der Waals surface area contributed by atoms with E-state index in [9.17, 15) is 10.1 Å². The lowest BCUT2D eigenvalue weighted by Crippen LogP contribution is -2.10. The van der Waals surface area contributed by atoms with E-state index >= 15 is 0 Å². The molecule has 4 heteroatoms. The van der Waals surface area contributed by atoms with E-state index in [0.717, 1.165) is 0 Å². The second-order valence-corrected chi connectivity index (χ2v) is 3.00. The van der Waals surface area contributed by atoms with Gasteiger partial charge in [-0.1, -0.05) is 6.07 Å². The van der Waals surface area contributed by atoms with E-state index in [0.29, 0.717) is 5.69 Å². The normalized spacial score (nSPS) is 10.1. The highest BCUT2D eigenvalue weighted by molar-refractivity contribution is 5.61. The summed E-state index contributed by atoms with van der Waals surface area (Å²) in [5, 5.41) is 13.5. The Morgan fingerprint density at radius 1 is 1.62 bits per heavy atom. The van der Waals surface area contributed by atoms with Crippen molar-refractivity contribution in [2.75, 3.05) is 5.32 Å². The standard InChI is InChI=1S/C9H11N2O2/c1-7(2)10-8-5-3-4-6-9(8)11(12)13/h3,5-7,10H,1-2H3. The van der Waals surface area contributed by atoms with Gasteiger partial charge in [-0.3, -0.25) is 10.1 Å². The Balaban J connectivity index is 2.98. The average Bonchev–Trinajstić information content (AvgIpc) is 2.03. The van der Waals surface area contributed by atoms with Gasteiger partial charge in [0.2, 0.25) is 0 Å². The van der Waals surface area contributed by atoms with Crippen molar-refractivity contribution < 1.29 is 4.92 Å². The van der Waals surface area contributed by atoms with Crippen LogP contribution in [-0.2, 0) is 0 Å². The zero-order valence-corrected chi connectivity index (χ0v) is 7.57. The second kappa shape index (κ2) is 3.89. The topological polar surface area (TPSA) is 55.2 Å². The zero-order chi connectivity index (χ0) is 9.84. The van der Waals surface area contributed by atoms with E-state index in [2.05, 4.69) is 11.4 Å². The van der Waals surface area contributed by atoms with Gasteiger partial charge in [-0.2, -0.15) is 0 Å². The van der Waals surface area contributed by atoms with Gasteiger partial charge in [-0.25, -0.2) is 0 Å². The lowest BCUT2D eigenvalue weighted by molar-refractivity contribution is -0.384. The fraction of sp³-hybridized carbons (Fsp3) is 0.333. The largest absolute Gasteiger partial charge is 0.377 e. The molecule has 0 spiro atoms. The van der Waals surface area contributed by atoms with E-state index in [4.69, 9.17) is 0 Å². The predicted octanol–water partition coefficient (Wildman–Crippen LogP) is 2.22. The molecular weight excluding hydrogens is 168 g/mol. The molecule has 1 radical (unpaired) electrons. The molecule has 0 atom stereocenters. The van der Waals surface area contributed by atoms with Crippen LogP contribution < -0.4 is 5.32 Å². The van der Waals surface area contributed by atoms with Gasteiger partial charge in [-0.05, 0) is 26.0 Å². The molecule has 0 unspecified atom stereocenters. The average molecular weight is 179 g/mol. The lowest BCUT2D eigenvalue weighted by Gasteiger charge is -2.09. The molecule has 13 heavy (non-hydrogen) atoms. The van der Waals surface area contributed by atoms with Crippen LogP contribution in [0.5, 0.6) is 0 Å². The van der Waals surface area contributed by atoms with E-state index < -0.39 is 4.92 Å². The molecule has 0 fully saturated rings. The van der Waals surface area contributed by atoms with Crippen molar-refractivity contribution >= 4 is 11.4 Å². The van der Waals surface area contributed by atoms with Crippen molar-refractivity contribution in [1.82, 2.24) is 0 Å². The Labute approximate surface area is 76.7 Å². The minimum atomic E-state index is -0.415. The van der Waals surface area contributed by atoms with Gasteiger partial charge < -0.3 is 5.32 Å². The van der Waals surface area contributed by atoms with Crippen LogP contribution in [0.15, 0.2) is 18.2 Å². The first-order valence-electron chi connectivity index (χ1n) is 4.02. The third-order valence-electron chi connectivity index (χ3n) is 1.48. The number of hydrogen-bond donors (Lipinski definition) is 1. The quantitative estimate of drug-likeness (QED) is 0.571. The van der Waals surface area contributed by atoms with Crippen molar-refractivity contribution in [3.63, 3.8) is 0 Å². The van der Waals surface area contributed by atoms with Gasteiger partial charge in [0, 0.05) is 12.1 Å². The highest BCUT2D eigenvalue weighted by atomic mass is 16.6. The Hall–Kier alpha value is -1.58. The van der Waals surface area contributed by atoms with Crippen LogP contribution in [0, 0.1) is 16.2 Å². The maximum atomic E-state index is 10.5. The van der Waals surface area contributed by atoms with Crippen LogP contribution in [0.25, 0.3) is 0 Å². The molecule has 0 saturated heterocycles. The summed E-state index contributed by atoms with van der Waals surface area (Å²) in [4.78, 5) is 10.1. The molecule has 69 valence electrons. The number of nitro groups is 1. The first-order valence-corrected chi connectivity index (χ1v) is 4.02. The Kier molecular flexibility index (Phi) is 2.84. The summed E-state index contributed by atoms with van der Waals surface area (Å²) in [6, 6.07) is 7.52. The summed E-state index contributed by atoms with van der Waals surface area (Å²) in [6.45, 7) is 3.86. The summed E-state index contributed by atoms with van der Waals surface area (Å²) in [5.41, 5.74) is 0.606. The van der Waals surface area contributed by atoms with Crippen molar-refractivity contribution in [3.05, 3.63) is 34.4 Å². The smallest absolute Gasteiger partial charge is 0.292 e. The molecule has 1 aromatic rings. The molecule has 0 aliphatic heterocycles. The maximum Gasteiger partial charge on any atom is 0.292 e. The molecule has 0 aromatic heterocycles. The molecule has 1 aromatic carbocycles. The molecule has 1 rings (SSSR count). The molecule has 0 saturated carbocycles. The first-order chi connectivity index (χ1) is 6.11. The fourth-order valence-corrected chi connectivity index (χ4v) is 1.01. The van der Waals surface area contributed by atoms with E-state index in [1.54, 1.807) is 12.1 Å². The van der Waals surface area contributed by atoms with Crippen LogP contribution in [0.3, 0.4) is 0 Å². The summed E-state index contributed by atoms with van der Waals surface area (Å²) in [7, 11) is 0. The molecular formula is C9H11N2O2. The van der Waals surface area contributed by atoms with E-state index in [-0.39, 0.29) is 11.7 Å². The Morgan fingerprint density at radius 3 is 2.85 bits per heavy atom. The maximum absolute atomic E-state index is 10.5. The molecule has 0 heterocycles. The van der Waals surface area contributed by atoms with Gasteiger partial charge in [-0.15, -0.1) is 0 Å². The first kappa shape index (κ1) is 9.51. The molecule has 1 N–H and O–H groups in total. The Bertz CT molecular complexity index is 310. The lowest BCUT2D eigenvalue weighted by atomic mass is 10.2. The second-order valence-electron chi connectivity index (χ2n) is 3.00. The van der Waals surface area contributed by atoms with E-state index in [1.807, 2.05) is 13.8 Å². The van der Waals surface area contributed by atoms with Gasteiger partial charge >= 0.3 is 0 Å². The van der Waals surface area contributed by atoms with Crippen molar-refractivity contribution in [3.8, 4) is 0 Å². The SMILES string of the molecule is CC(C)Nc1cc[c]cc1[N+](=O)[O-]. The number of nitro benzene ring substituents is 1. The molecule has 0 bridgehead atoms. The minimum Gasteiger partial charge on any atom is -0.377 e. The summed E-state index contributed by atoms with van der Waals surface area (Å²) in [5.74, 6) is 0. The van der Waals surface area contributed by atoms with Gasteiger partial charge in [0.05, 0.1) is 4.92 Å². The minimum absolute atomic E-state index is 0.0659. The number of rotatable bonds is 3. The summed E-state index contributed by atoms with van der Waals surface area (Å²) in [6.07, 6.45) is 0. The highest BCUT2D eigenvalue weighted by Gasteiger charge is 2.12. The van der Waals surface area contributed by atoms with Crippen LogP contribution in [0.4, 0.5) is 11.4 Å². The molecule has 4 nitrogen and oxygen atoms in total. The van der Waals surface area contributed by atoms with Crippen LogP contribution in [0.2, 0.25) is 0 Å². The molecule has 0 aliphatic rings. The number of benzene rings is 1. The summed E-state index contributed by atoms with van der Waals surface area (Å²) >= 11 is 0. The fourth-order valence-electron chi connectivity index (χ4n) is 1.01. The molecule has 0 amide bonds. The van der Waals surface area contributed by atoms with Gasteiger partial charge in [0.15, 0.2) is 0 Å². The van der Waals surface area contributed by atoms with Crippen molar-refractivity contribution in [2.45, 2.75) is 19.9 Å². The van der Waals surface area contributed by atoms with Crippen LogP contribution >= 0.6 is 0 Å². The highest BCUT2D eigenvalue weighted by Crippen LogP contribution is 2.23. The monoisotopic (exact) mass is 179 g/mol. The number of hydrogen-bond acceptors (Lipinski definition) is 3. The van der Waals surface area contributed by atoms with Crippen molar-refractivity contribution in [2.24, 2.45) is 0 Å². The number of nitrogens with zero attached hydrogens (tertiary/aromatic N) is 1. The van der Waals surface area contributed by atoms with Crippen LogP contribution in [0.1, 0.15) is 13.8 Å². The third kappa shape index (κ3) is 2.43. The van der Waals surface area contributed by atoms with E-state index in [1.165, 1.54) is 6.07 Å². The number of nitrogens with one attached hydrogen (secondary N) is 1. The predicted molar refractivity (Wildman–Crippen MR) is 50.7 cm³/mol. The zero-order valence-electron chi connectivity index (χ0n) is 7.57. The molecule has 0 aliphatic carbocycles. The third-order valence-corrected chi connectivity index (χ3v) is 1.48. The summed E-state index contributed by atoms with van der Waals surface area (Å²) < 4.78 is 0. The van der Waals surface area contributed by atoms with Gasteiger partial charge in [0.25, 0.3) is 5.69 Å². The van der Waals surface area contributed by atoms with Gasteiger partial charge in [0.1, 0.15) is 5.69 Å². The number of anilines is 1. The Morgan fingerprint density at radius 2 is 2.31 bits per heavy atom.